The van der Waals surface area contributed by atoms with Crippen LogP contribution in [-0.4, -0.2) is 31.3 Å². The van der Waals surface area contributed by atoms with Gasteiger partial charge in [-0.1, -0.05) is 30.3 Å². The Bertz CT molecular complexity index is 372. The van der Waals surface area contributed by atoms with E-state index in [2.05, 4.69) is 0 Å². The summed E-state index contributed by atoms with van der Waals surface area (Å²) in [6.07, 6.45) is 1.11. The van der Waals surface area contributed by atoms with E-state index in [1.807, 2.05) is 30.3 Å². The minimum Gasteiger partial charge on any atom is -0.464 e. The van der Waals surface area contributed by atoms with Crippen molar-refractivity contribution in [3.05, 3.63) is 35.9 Å². The molecule has 91 valence electrons. The van der Waals surface area contributed by atoms with Crippen LogP contribution in [0.15, 0.2) is 30.3 Å². The first-order valence-corrected chi connectivity index (χ1v) is 5.75. The molecule has 4 heteroatoms. The van der Waals surface area contributed by atoms with Gasteiger partial charge in [0.15, 0.2) is 5.54 Å². The fourth-order valence-corrected chi connectivity index (χ4v) is 1.77. The Morgan fingerprint density at radius 3 is 2.82 bits per heavy atom. The Morgan fingerprint density at radius 1 is 1.41 bits per heavy atom. The Hall–Kier alpha value is -1.39. The lowest BCUT2D eigenvalue weighted by Gasteiger charge is -2.18. The SMILES string of the molecule is [NH][C@@]1(C(=O)OCCc2ccccc2)CCOC1. The van der Waals surface area contributed by atoms with Gasteiger partial charge < -0.3 is 9.47 Å². The Morgan fingerprint density at radius 2 is 2.18 bits per heavy atom. The first-order chi connectivity index (χ1) is 8.21. The maximum Gasteiger partial charge on any atom is 0.330 e. The molecule has 1 aliphatic heterocycles. The monoisotopic (exact) mass is 234 g/mol. The highest BCUT2D eigenvalue weighted by Crippen LogP contribution is 2.19. The average molecular weight is 234 g/mol. The number of esters is 1. The van der Waals surface area contributed by atoms with Crippen molar-refractivity contribution in [1.82, 2.24) is 5.73 Å². The predicted octanol–water partition coefficient (Wildman–Crippen LogP) is 1.21. The van der Waals surface area contributed by atoms with Crippen LogP contribution in [0.1, 0.15) is 12.0 Å². The third-order valence-electron chi connectivity index (χ3n) is 2.88. The second kappa shape index (κ2) is 5.29. The zero-order valence-corrected chi connectivity index (χ0v) is 9.65. The smallest absolute Gasteiger partial charge is 0.330 e. The van der Waals surface area contributed by atoms with Crippen molar-refractivity contribution in [2.45, 2.75) is 18.4 Å². The van der Waals surface area contributed by atoms with Crippen LogP contribution in [0, 0.1) is 0 Å². The van der Waals surface area contributed by atoms with E-state index in [4.69, 9.17) is 15.2 Å². The second-order valence-corrected chi connectivity index (χ2v) is 4.26. The predicted molar refractivity (Wildman–Crippen MR) is 62.4 cm³/mol. The van der Waals surface area contributed by atoms with E-state index >= 15 is 0 Å². The third kappa shape index (κ3) is 3.05. The molecule has 1 saturated heterocycles. The molecule has 0 aromatic heterocycles. The minimum absolute atomic E-state index is 0.150. The lowest BCUT2D eigenvalue weighted by molar-refractivity contribution is -0.150. The summed E-state index contributed by atoms with van der Waals surface area (Å²) in [6.45, 7) is 0.942. The number of hydrogen-bond acceptors (Lipinski definition) is 3. The molecule has 1 atom stereocenters. The molecule has 1 radical (unpaired) electrons. The van der Waals surface area contributed by atoms with Gasteiger partial charge in [-0.2, -0.15) is 0 Å². The van der Waals surface area contributed by atoms with Gasteiger partial charge in [0, 0.05) is 19.4 Å². The molecule has 0 saturated carbocycles. The molecule has 0 spiro atoms. The summed E-state index contributed by atoms with van der Waals surface area (Å²) in [4.78, 5) is 11.7. The molecule has 1 fully saturated rings. The maximum absolute atomic E-state index is 11.7. The molecule has 2 rings (SSSR count). The van der Waals surface area contributed by atoms with Crippen LogP contribution in [0.25, 0.3) is 0 Å². The zero-order valence-electron chi connectivity index (χ0n) is 9.65. The highest BCUT2D eigenvalue weighted by molar-refractivity contribution is 5.80. The number of nitrogens with one attached hydrogen (secondary N) is 1. The van der Waals surface area contributed by atoms with Crippen LogP contribution in [0.4, 0.5) is 0 Å². The van der Waals surface area contributed by atoms with Crippen molar-refractivity contribution in [2.75, 3.05) is 19.8 Å². The number of benzene rings is 1. The van der Waals surface area contributed by atoms with E-state index in [-0.39, 0.29) is 6.61 Å². The van der Waals surface area contributed by atoms with Gasteiger partial charge in [0.25, 0.3) is 0 Å². The summed E-state index contributed by atoms with van der Waals surface area (Å²) >= 11 is 0. The van der Waals surface area contributed by atoms with Crippen molar-refractivity contribution in [3.63, 3.8) is 0 Å². The number of ether oxygens (including phenoxy) is 2. The van der Waals surface area contributed by atoms with Crippen molar-refractivity contribution < 1.29 is 14.3 Å². The van der Waals surface area contributed by atoms with Gasteiger partial charge in [0.2, 0.25) is 0 Å². The van der Waals surface area contributed by atoms with Crippen molar-refractivity contribution in [1.29, 1.82) is 0 Å². The maximum atomic E-state index is 11.7. The lowest BCUT2D eigenvalue weighted by atomic mass is 10.0. The molecular weight excluding hydrogens is 218 g/mol. The summed E-state index contributed by atoms with van der Waals surface area (Å²) in [6, 6.07) is 9.83. The molecule has 1 heterocycles. The summed E-state index contributed by atoms with van der Waals surface area (Å²) < 4.78 is 10.2. The molecule has 1 aliphatic rings. The molecular formula is C13H16NO3. The molecule has 0 bridgehead atoms. The lowest BCUT2D eigenvalue weighted by Crippen LogP contribution is -2.42. The molecule has 1 aromatic rings. The van der Waals surface area contributed by atoms with Gasteiger partial charge in [0.1, 0.15) is 0 Å². The van der Waals surface area contributed by atoms with Gasteiger partial charge in [-0.25, -0.2) is 10.5 Å². The largest absolute Gasteiger partial charge is 0.464 e. The fraction of sp³-hybridized carbons (Fsp3) is 0.462. The first kappa shape index (κ1) is 12.1. The number of rotatable bonds is 4. The number of hydrogen-bond donors (Lipinski definition) is 0. The Labute approximate surface area is 101 Å². The van der Waals surface area contributed by atoms with Crippen LogP contribution in [-0.2, 0) is 20.7 Å². The van der Waals surface area contributed by atoms with Crippen LogP contribution in [0.3, 0.4) is 0 Å². The highest BCUT2D eigenvalue weighted by atomic mass is 16.5. The fourth-order valence-electron chi connectivity index (χ4n) is 1.77. The molecule has 0 unspecified atom stereocenters. The summed E-state index contributed by atoms with van der Waals surface area (Å²) in [5.74, 6) is -0.467. The molecule has 1 N–H and O–H groups in total. The first-order valence-electron chi connectivity index (χ1n) is 5.75. The molecule has 17 heavy (non-hydrogen) atoms. The van der Waals surface area contributed by atoms with E-state index in [0.717, 1.165) is 5.56 Å². The number of carbonyl (C=O) groups excluding carboxylic acids is 1. The topological polar surface area (TPSA) is 59.3 Å². The summed E-state index contributed by atoms with van der Waals surface area (Å²) in [5, 5.41) is 0. The van der Waals surface area contributed by atoms with Crippen molar-refractivity contribution in [2.24, 2.45) is 0 Å². The minimum atomic E-state index is -1.18. The second-order valence-electron chi connectivity index (χ2n) is 4.26. The standard InChI is InChI=1S/C13H16NO3/c14-13(7-9-16-10-13)12(15)17-8-6-11-4-2-1-3-5-11/h1-5,14H,6-10H2/t13-/m0/s1. The van der Waals surface area contributed by atoms with Gasteiger partial charge in [-0.3, -0.25) is 0 Å². The van der Waals surface area contributed by atoms with E-state index in [1.54, 1.807) is 0 Å². The van der Waals surface area contributed by atoms with Crippen LogP contribution in [0.5, 0.6) is 0 Å². The quantitative estimate of drug-likeness (QED) is 0.736. The van der Waals surface area contributed by atoms with Crippen molar-refractivity contribution >= 4 is 5.97 Å². The Kier molecular flexibility index (Phi) is 3.76. The summed E-state index contributed by atoms with van der Waals surface area (Å²) in [5.41, 5.74) is 7.81. The molecule has 0 aliphatic carbocycles. The summed E-state index contributed by atoms with van der Waals surface area (Å²) in [7, 11) is 0. The van der Waals surface area contributed by atoms with Gasteiger partial charge in [-0.15, -0.1) is 0 Å². The third-order valence-corrected chi connectivity index (χ3v) is 2.88. The van der Waals surface area contributed by atoms with Crippen molar-refractivity contribution in [3.8, 4) is 0 Å². The van der Waals surface area contributed by atoms with E-state index in [1.165, 1.54) is 0 Å². The zero-order chi connectivity index (χ0) is 12.1. The van der Waals surface area contributed by atoms with E-state index in [9.17, 15) is 4.79 Å². The Balaban J connectivity index is 1.77. The van der Waals surface area contributed by atoms with Gasteiger partial charge >= 0.3 is 5.97 Å². The number of carbonyl (C=O) groups is 1. The van der Waals surface area contributed by atoms with Crippen LogP contribution < -0.4 is 5.73 Å². The van der Waals surface area contributed by atoms with Gasteiger partial charge in [-0.05, 0) is 5.56 Å². The van der Waals surface area contributed by atoms with Gasteiger partial charge in [0.05, 0.1) is 13.2 Å². The molecule has 0 amide bonds. The van der Waals surface area contributed by atoms with E-state index < -0.39 is 11.5 Å². The van der Waals surface area contributed by atoms with Crippen LogP contribution in [0.2, 0.25) is 0 Å². The van der Waals surface area contributed by atoms with Crippen LogP contribution >= 0.6 is 0 Å². The average Bonchev–Trinajstić information content (AvgIpc) is 2.79. The molecule has 4 nitrogen and oxygen atoms in total. The normalized spacial score (nSPS) is 23.6. The van der Waals surface area contributed by atoms with E-state index in [0.29, 0.717) is 26.1 Å². The highest BCUT2D eigenvalue weighted by Gasteiger charge is 2.40. The molecule has 1 aromatic carbocycles.